The van der Waals surface area contributed by atoms with Gasteiger partial charge in [-0.2, -0.15) is 0 Å². The van der Waals surface area contributed by atoms with Gasteiger partial charge in [0.25, 0.3) is 0 Å². The van der Waals surface area contributed by atoms with Crippen LogP contribution in [-0.2, 0) is 32.0 Å². The zero-order valence-corrected chi connectivity index (χ0v) is 24.4. The number of carbonyl (C=O) groups excluding carboxylic acids is 1. The van der Waals surface area contributed by atoms with Crippen LogP contribution in [0, 0.1) is 5.41 Å². The van der Waals surface area contributed by atoms with Crippen LogP contribution < -0.4 is 9.64 Å². The maximum absolute atomic E-state index is 11.6. The van der Waals surface area contributed by atoms with Crippen LogP contribution in [0.1, 0.15) is 45.1 Å². The number of benzene rings is 1. The molecule has 2 aromatic heterocycles. The van der Waals surface area contributed by atoms with Crippen LogP contribution in [0.25, 0.3) is 22.2 Å². The first-order valence-electron chi connectivity index (χ1n) is 13.1. The van der Waals surface area contributed by atoms with Crippen molar-refractivity contribution in [3.63, 3.8) is 0 Å². The molecule has 9 heteroatoms. The molecule has 2 aliphatic heterocycles. The molecule has 204 valence electrons. The molecule has 0 N–H and O–H groups in total. The molecule has 5 rings (SSSR count). The molecule has 0 radical (unpaired) electrons. The molecule has 2 aliphatic rings. The van der Waals surface area contributed by atoms with Gasteiger partial charge in [0.1, 0.15) is 12.4 Å². The number of rotatable bonds is 8. The average molecular weight is 587 g/mol. The number of methoxy groups -OCH3 is 1. The first kappa shape index (κ1) is 27.0. The minimum Gasteiger partial charge on any atom is -0.489 e. The molecule has 1 atom stereocenters. The summed E-state index contributed by atoms with van der Waals surface area (Å²) < 4.78 is 26.3. The van der Waals surface area contributed by atoms with Gasteiger partial charge in [-0.3, -0.25) is 9.78 Å². The van der Waals surface area contributed by atoms with E-state index in [-0.39, 0.29) is 17.5 Å². The lowest BCUT2D eigenvalue weighted by molar-refractivity contribution is -0.143. The summed E-state index contributed by atoms with van der Waals surface area (Å²) in [6, 6.07) is 6.47. The molecule has 1 fully saturated rings. The lowest BCUT2D eigenvalue weighted by Crippen LogP contribution is -2.36. The Morgan fingerprint density at radius 2 is 1.95 bits per heavy atom. The lowest BCUT2D eigenvalue weighted by atomic mass is 9.84. The van der Waals surface area contributed by atoms with E-state index in [2.05, 4.69) is 51.4 Å². The Kier molecular flexibility index (Phi) is 7.71. The van der Waals surface area contributed by atoms with Crippen molar-refractivity contribution in [3.05, 3.63) is 40.1 Å². The first-order chi connectivity index (χ1) is 18.2. The second-order valence-electron chi connectivity index (χ2n) is 10.9. The Hall–Kier alpha value is -2.62. The number of halogens is 1. The molecule has 4 heterocycles. The van der Waals surface area contributed by atoms with Gasteiger partial charge in [-0.05, 0) is 37.1 Å². The lowest BCUT2D eigenvalue weighted by Gasteiger charge is -2.30. The highest BCUT2D eigenvalue weighted by Crippen LogP contribution is 2.46. The molecule has 8 nitrogen and oxygen atoms in total. The summed E-state index contributed by atoms with van der Waals surface area (Å²) in [5.41, 5.74) is 6.14. The van der Waals surface area contributed by atoms with Crippen molar-refractivity contribution in [2.45, 2.75) is 46.8 Å². The van der Waals surface area contributed by atoms with E-state index in [1.54, 1.807) is 7.11 Å². The van der Waals surface area contributed by atoms with Crippen LogP contribution in [0.2, 0.25) is 0 Å². The van der Waals surface area contributed by atoms with Crippen molar-refractivity contribution in [2.24, 2.45) is 5.41 Å². The van der Waals surface area contributed by atoms with Gasteiger partial charge >= 0.3 is 5.97 Å². The first-order valence-corrected chi connectivity index (χ1v) is 13.9. The Balaban J connectivity index is 1.75. The number of nitrogens with zero attached hydrogens (tertiary/aromatic N) is 3. The second kappa shape index (κ2) is 10.9. The smallest absolute Gasteiger partial charge is 0.302 e. The molecule has 0 spiro atoms. The quantitative estimate of drug-likeness (QED) is 0.321. The van der Waals surface area contributed by atoms with E-state index in [1.165, 1.54) is 12.5 Å². The molecule has 0 amide bonds. The van der Waals surface area contributed by atoms with Gasteiger partial charge in [-0.25, -0.2) is 0 Å². The third-order valence-corrected chi connectivity index (χ3v) is 7.82. The maximum atomic E-state index is 11.6. The van der Waals surface area contributed by atoms with Crippen LogP contribution in [0.4, 0.5) is 5.69 Å². The monoisotopic (exact) mass is 585 g/mol. The van der Waals surface area contributed by atoms with Crippen LogP contribution in [-0.4, -0.2) is 62.1 Å². The summed E-state index contributed by atoms with van der Waals surface area (Å²) in [5, 5.41) is 1.13. The second-order valence-corrected chi connectivity index (χ2v) is 11.8. The maximum Gasteiger partial charge on any atom is 0.302 e. The van der Waals surface area contributed by atoms with Crippen molar-refractivity contribution in [1.29, 1.82) is 0 Å². The van der Waals surface area contributed by atoms with E-state index in [1.807, 2.05) is 19.2 Å². The van der Waals surface area contributed by atoms with Crippen molar-refractivity contribution < 1.29 is 23.7 Å². The number of ether oxygens (including phenoxy) is 4. The van der Waals surface area contributed by atoms with Gasteiger partial charge in [0.2, 0.25) is 0 Å². The topological polar surface area (TPSA) is 75.1 Å². The molecule has 1 saturated heterocycles. The van der Waals surface area contributed by atoms with Crippen molar-refractivity contribution in [3.8, 4) is 17.0 Å². The van der Waals surface area contributed by atoms with Gasteiger partial charge in [-0.1, -0.05) is 29.8 Å². The predicted molar refractivity (Wildman–Crippen MR) is 151 cm³/mol. The van der Waals surface area contributed by atoms with Crippen molar-refractivity contribution >= 4 is 38.5 Å². The largest absolute Gasteiger partial charge is 0.489 e. The van der Waals surface area contributed by atoms with E-state index in [9.17, 15) is 4.79 Å². The molecular weight excluding hydrogens is 550 g/mol. The van der Waals surface area contributed by atoms with Crippen LogP contribution in [0.15, 0.2) is 28.9 Å². The summed E-state index contributed by atoms with van der Waals surface area (Å²) in [4.78, 5) is 18.9. The SMILES string of the molecule is CO[C@@H](C)c1ncc(N2CCOCC2)cc1-c1c(CC(C)(C)COC(C)=O)c2cc(Br)cc3c2n1CCO3. The minimum atomic E-state index is -0.292. The van der Waals surface area contributed by atoms with Gasteiger partial charge in [-0.15, -0.1) is 0 Å². The number of anilines is 1. The number of hydrogen-bond donors (Lipinski definition) is 0. The fourth-order valence-corrected chi connectivity index (χ4v) is 5.90. The van der Waals surface area contributed by atoms with Gasteiger partial charge < -0.3 is 28.4 Å². The summed E-state index contributed by atoms with van der Waals surface area (Å²) in [6.45, 7) is 12.5. The standard InChI is InChI=1S/C29H36BrN3O5/c1-18(35-5)26-23(14-21(16-31-26)32-6-9-36-10-7-32)27-24(15-29(3,4)17-38-19(2)34)22-12-20(30)13-25-28(22)33(27)8-11-37-25/h12-14,16,18H,6-11,15,17H2,1-5H3/t18-/m0/s1. The number of morpholine rings is 1. The number of aromatic nitrogens is 2. The summed E-state index contributed by atoms with van der Waals surface area (Å²) in [7, 11) is 1.72. The van der Waals surface area contributed by atoms with E-state index >= 15 is 0 Å². The van der Waals surface area contributed by atoms with E-state index < -0.39 is 0 Å². The molecule has 0 aliphatic carbocycles. The van der Waals surface area contributed by atoms with Crippen LogP contribution in [0.3, 0.4) is 0 Å². The van der Waals surface area contributed by atoms with E-state index in [4.69, 9.17) is 23.9 Å². The molecule has 1 aromatic carbocycles. The fraction of sp³-hybridized carbons (Fsp3) is 0.517. The third-order valence-electron chi connectivity index (χ3n) is 7.36. The number of esters is 1. The van der Waals surface area contributed by atoms with Gasteiger partial charge in [0.05, 0.1) is 61.3 Å². The highest BCUT2D eigenvalue weighted by Gasteiger charge is 2.32. The molecule has 0 saturated carbocycles. The number of hydrogen-bond acceptors (Lipinski definition) is 7. The zero-order valence-electron chi connectivity index (χ0n) is 22.8. The zero-order chi connectivity index (χ0) is 27.0. The number of pyridine rings is 1. The highest BCUT2D eigenvalue weighted by molar-refractivity contribution is 9.10. The Labute approximate surface area is 232 Å². The highest BCUT2D eigenvalue weighted by atomic mass is 79.9. The average Bonchev–Trinajstić information content (AvgIpc) is 3.20. The Bertz CT molecular complexity index is 1350. The predicted octanol–water partition coefficient (Wildman–Crippen LogP) is 5.53. The van der Waals surface area contributed by atoms with Crippen molar-refractivity contribution in [2.75, 3.05) is 51.5 Å². The molecular formula is C29H36BrN3O5. The summed E-state index contributed by atoms with van der Waals surface area (Å²) >= 11 is 3.71. The molecule has 38 heavy (non-hydrogen) atoms. The van der Waals surface area contributed by atoms with E-state index in [0.29, 0.717) is 32.8 Å². The summed E-state index contributed by atoms with van der Waals surface area (Å²) in [6.07, 6.45) is 2.47. The van der Waals surface area contributed by atoms with Crippen LogP contribution in [0.5, 0.6) is 5.75 Å². The molecule has 0 unspecified atom stereocenters. The molecule has 3 aromatic rings. The number of carbonyl (C=O) groups is 1. The van der Waals surface area contributed by atoms with Crippen molar-refractivity contribution in [1.82, 2.24) is 9.55 Å². The van der Waals surface area contributed by atoms with Gasteiger partial charge in [0, 0.05) is 48.0 Å². The minimum absolute atomic E-state index is 0.192. The van der Waals surface area contributed by atoms with Crippen LogP contribution >= 0.6 is 15.9 Å². The fourth-order valence-electron chi connectivity index (χ4n) is 5.46. The Morgan fingerprint density at radius 3 is 2.66 bits per heavy atom. The van der Waals surface area contributed by atoms with E-state index in [0.717, 1.165) is 63.4 Å². The normalized spacial score (nSPS) is 16.4. The van der Waals surface area contributed by atoms with Gasteiger partial charge in [0.15, 0.2) is 0 Å². The third kappa shape index (κ3) is 5.28. The Morgan fingerprint density at radius 1 is 1.18 bits per heavy atom. The summed E-state index contributed by atoms with van der Waals surface area (Å²) in [5.74, 6) is 0.597. The molecule has 0 bridgehead atoms.